The van der Waals surface area contributed by atoms with Gasteiger partial charge in [0.15, 0.2) is 0 Å². The van der Waals surface area contributed by atoms with Crippen molar-refractivity contribution in [1.82, 2.24) is 25.2 Å². The average Bonchev–Trinajstić information content (AvgIpc) is 3.24. The summed E-state index contributed by atoms with van der Waals surface area (Å²) in [5.74, 6) is -0.455. The summed E-state index contributed by atoms with van der Waals surface area (Å²) < 4.78 is 5.09. The first kappa shape index (κ1) is 16.8. The first-order valence-corrected chi connectivity index (χ1v) is 7.99. The second-order valence-corrected chi connectivity index (χ2v) is 6.02. The number of benzene rings is 1. The molecule has 0 saturated carbocycles. The highest BCUT2D eigenvalue weighted by atomic mass is 16.5. The Hall–Kier alpha value is -3.00. The lowest BCUT2D eigenvalue weighted by Gasteiger charge is -2.23. The van der Waals surface area contributed by atoms with Gasteiger partial charge in [-0.2, -0.15) is 10.1 Å². The van der Waals surface area contributed by atoms with Gasteiger partial charge in [-0.25, -0.2) is 0 Å². The SMILES string of the molecule is CC(C)N(Cc1cc(-c2ccccc2)n[nH]1)Cc1nc(C(N)=O)no1. The van der Waals surface area contributed by atoms with Crippen LogP contribution in [0, 0.1) is 0 Å². The number of hydrogen-bond acceptors (Lipinski definition) is 6. The molecule has 8 nitrogen and oxygen atoms in total. The summed E-state index contributed by atoms with van der Waals surface area (Å²) in [5, 5.41) is 11.0. The van der Waals surface area contributed by atoms with Gasteiger partial charge in [-0.1, -0.05) is 35.5 Å². The number of nitrogens with one attached hydrogen (secondary N) is 1. The Balaban J connectivity index is 1.71. The van der Waals surface area contributed by atoms with Gasteiger partial charge >= 0.3 is 0 Å². The van der Waals surface area contributed by atoms with Crippen LogP contribution in [0.4, 0.5) is 0 Å². The van der Waals surface area contributed by atoms with E-state index >= 15 is 0 Å². The lowest BCUT2D eigenvalue weighted by molar-refractivity contribution is 0.0987. The highest BCUT2D eigenvalue weighted by molar-refractivity contribution is 5.88. The monoisotopic (exact) mass is 340 g/mol. The van der Waals surface area contributed by atoms with Crippen LogP contribution in [0.1, 0.15) is 36.1 Å². The topological polar surface area (TPSA) is 114 Å². The molecular weight excluding hydrogens is 320 g/mol. The Morgan fingerprint density at radius 2 is 2.04 bits per heavy atom. The minimum Gasteiger partial charge on any atom is -0.363 e. The van der Waals surface area contributed by atoms with Gasteiger partial charge in [0, 0.05) is 23.8 Å². The van der Waals surface area contributed by atoms with Gasteiger partial charge in [-0.3, -0.25) is 14.8 Å². The van der Waals surface area contributed by atoms with Crippen LogP contribution in [0.5, 0.6) is 0 Å². The number of nitrogens with two attached hydrogens (primary N) is 1. The van der Waals surface area contributed by atoms with Gasteiger partial charge in [0.25, 0.3) is 11.7 Å². The minimum atomic E-state index is -0.702. The summed E-state index contributed by atoms with van der Waals surface area (Å²) in [6, 6.07) is 12.2. The summed E-state index contributed by atoms with van der Waals surface area (Å²) in [4.78, 5) is 17.2. The van der Waals surface area contributed by atoms with Crippen molar-refractivity contribution in [3.63, 3.8) is 0 Å². The Morgan fingerprint density at radius 1 is 1.28 bits per heavy atom. The molecule has 3 aromatic rings. The number of H-pyrrole nitrogens is 1. The van der Waals surface area contributed by atoms with Crippen molar-refractivity contribution in [3.8, 4) is 11.3 Å². The number of hydrogen-bond donors (Lipinski definition) is 2. The maximum Gasteiger partial charge on any atom is 0.290 e. The molecule has 0 fully saturated rings. The van der Waals surface area contributed by atoms with Crippen molar-refractivity contribution < 1.29 is 9.32 Å². The van der Waals surface area contributed by atoms with Gasteiger partial charge in [-0.05, 0) is 19.9 Å². The van der Waals surface area contributed by atoms with Crippen LogP contribution < -0.4 is 5.73 Å². The quantitative estimate of drug-likeness (QED) is 0.679. The molecule has 2 aromatic heterocycles. The normalized spacial score (nSPS) is 11.4. The van der Waals surface area contributed by atoms with Crippen molar-refractivity contribution in [3.05, 3.63) is 53.8 Å². The first-order chi connectivity index (χ1) is 12.0. The standard InChI is InChI=1S/C17H20N6O2/c1-11(2)23(10-15-19-17(16(18)24)22-25-15)9-13-8-14(21-20-13)12-6-4-3-5-7-12/h3-8,11H,9-10H2,1-2H3,(H2,18,24)(H,20,21). The van der Waals surface area contributed by atoms with E-state index in [0.29, 0.717) is 19.0 Å². The van der Waals surface area contributed by atoms with Crippen molar-refractivity contribution in [2.24, 2.45) is 5.73 Å². The maximum atomic E-state index is 11.1. The molecule has 1 aromatic carbocycles. The zero-order chi connectivity index (χ0) is 17.8. The van der Waals surface area contributed by atoms with Crippen LogP contribution in [0.25, 0.3) is 11.3 Å². The predicted molar refractivity (Wildman–Crippen MR) is 91.2 cm³/mol. The third kappa shape index (κ3) is 4.10. The average molecular weight is 340 g/mol. The van der Waals surface area contributed by atoms with E-state index in [4.69, 9.17) is 10.3 Å². The van der Waals surface area contributed by atoms with Gasteiger partial charge in [0.2, 0.25) is 5.89 Å². The van der Waals surface area contributed by atoms with Crippen molar-refractivity contribution >= 4 is 5.91 Å². The fourth-order valence-electron chi connectivity index (χ4n) is 2.43. The molecule has 0 unspecified atom stereocenters. The number of rotatable bonds is 7. The van der Waals surface area contributed by atoms with E-state index in [9.17, 15) is 4.79 Å². The molecule has 2 heterocycles. The molecule has 0 aliphatic heterocycles. The molecule has 3 rings (SSSR count). The lowest BCUT2D eigenvalue weighted by Crippen LogP contribution is -2.30. The Labute approximate surface area is 145 Å². The summed E-state index contributed by atoms with van der Waals surface area (Å²) in [6.45, 7) is 5.18. The Morgan fingerprint density at radius 3 is 2.68 bits per heavy atom. The minimum absolute atomic E-state index is 0.105. The number of aromatic nitrogens is 4. The summed E-state index contributed by atoms with van der Waals surface area (Å²) >= 11 is 0. The van der Waals surface area contributed by atoms with Crippen molar-refractivity contribution in [2.75, 3.05) is 0 Å². The highest BCUT2D eigenvalue weighted by Gasteiger charge is 2.18. The van der Waals surface area contributed by atoms with Gasteiger partial charge in [0.05, 0.1) is 12.2 Å². The van der Waals surface area contributed by atoms with Gasteiger partial charge < -0.3 is 10.3 Å². The van der Waals surface area contributed by atoms with E-state index in [1.54, 1.807) is 0 Å². The van der Waals surface area contributed by atoms with E-state index in [1.807, 2.05) is 36.4 Å². The molecule has 25 heavy (non-hydrogen) atoms. The molecule has 0 radical (unpaired) electrons. The fraction of sp³-hybridized carbons (Fsp3) is 0.294. The molecule has 0 atom stereocenters. The van der Waals surface area contributed by atoms with E-state index in [1.165, 1.54) is 0 Å². The van der Waals surface area contributed by atoms with Gasteiger partial charge in [-0.15, -0.1) is 0 Å². The smallest absolute Gasteiger partial charge is 0.290 e. The van der Waals surface area contributed by atoms with Crippen LogP contribution in [0.2, 0.25) is 0 Å². The number of aromatic amines is 1. The van der Waals surface area contributed by atoms with Crippen LogP contribution in [0.15, 0.2) is 40.9 Å². The predicted octanol–water partition coefficient (Wildman–Crippen LogP) is 1.97. The Bertz CT molecular complexity index is 840. The second-order valence-electron chi connectivity index (χ2n) is 6.02. The molecule has 130 valence electrons. The second kappa shape index (κ2) is 7.27. The third-order valence-corrected chi connectivity index (χ3v) is 3.83. The highest BCUT2D eigenvalue weighted by Crippen LogP contribution is 2.19. The van der Waals surface area contributed by atoms with Crippen molar-refractivity contribution in [1.29, 1.82) is 0 Å². The van der Waals surface area contributed by atoms with E-state index < -0.39 is 5.91 Å². The zero-order valence-electron chi connectivity index (χ0n) is 14.1. The van der Waals surface area contributed by atoms with Gasteiger partial charge in [0.1, 0.15) is 0 Å². The molecule has 0 saturated heterocycles. The van der Waals surface area contributed by atoms with Crippen LogP contribution in [0.3, 0.4) is 0 Å². The number of nitrogens with zero attached hydrogens (tertiary/aromatic N) is 4. The molecule has 0 aliphatic rings. The first-order valence-electron chi connectivity index (χ1n) is 7.99. The third-order valence-electron chi connectivity index (χ3n) is 3.83. The molecule has 0 bridgehead atoms. The summed E-state index contributed by atoms with van der Waals surface area (Å²) in [7, 11) is 0. The molecule has 8 heteroatoms. The Kier molecular flexibility index (Phi) is 4.90. The maximum absolute atomic E-state index is 11.1. The molecule has 0 aliphatic carbocycles. The largest absolute Gasteiger partial charge is 0.363 e. The number of primary amides is 1. The number of amides is 1. The van der Waals surface area contributed by atoms with Crippen LogP contribution >= 0.6 is 0 Å². The van der Waals surface area contributed by atoms with Crippen molar-refractivity contribution in [2.45, 2.75) is 33.0 Å². The summed E-state index contributed by atoms with van der Waals surface area (Å²) in [5.41, 5.74) is 8.08. The fourth-order valence-corrected chi connectivity index (χ4v) is 2.43. The zero-order valence-corrected chi connectivity index (χ0v) is 14.1. The van der Waals surface area contributed by atoms with Crippen LogP contribution in [-0.2, 0) is 13.1 Å². The van der Waals surface area contributed by atoms with E-state index in [0.717, 1.165) is 17.0 Å². The van der Waals surface area contributed by atoms with E-state index in [2.05, 4.69) is 39.1 Å². The molecule has 0 spiro atoms. The lowest BCUT2D eigenvalue weighted by atomic mass is 10.1. The molecule has 3 N–H and O–H groups in total. The van der Waals surface area contributed by atoms with E-state index in [-0.39, 0.29) is 11.9 Å². The molecular formula is C17H20N6O2. The number of carbonyl (C=O) groups is 1. The summed E-state index contributed by atoms with van der Waals surface area (Å²) in [6.07, 6.45) is 0. The number of carbonyl (C=O) groups excluding carboxylic acids is 1. The molecule has 1 amide bonds. The van der Waals surface area contributed by atoms with Crippen LogP contribution in [-0.4, -0.2) is 37.2 Å².